The molecule has 0 unspecified atom stereocenters. The molecule has 3 N–H and O–H groups in total. The lowest BCUT2D eigenvalue weighted by Crippen LogP contribution is -2.31. The van der Waals surface area contributed by atoms with Crippen LogP contribution in [0, 0.1) is 0 Å². The monoisotopic (exact) mass is 222 g/mol. The van der Waals surface area contributed by atoms with Crippen molar-refractivity contribution in [3.63, 3.8) is 0 Å². The van der Waals surface area contributed by atoms with Crippen molar-refractivity contribution in [1.82, 2.24) is 0 Å². The Morgan fingerprint density at radius 2 is 2.38 bits per heavy atom. The first kappa shape index (κ1) is 11.1. The fourth-order valence-electron chi connectivity index (χ4n) is 2.24. The number of hydrogen-bond acceptors (Lipinski definition) is 4. The third kappa shape index (κ3) is 1.93. The highest BCUT2D eigenvalue weighted by atomic mass is 16.5. The summed E-state index contributed by atoms with van der Waals surface area (Å²) in [7, 11) is 1.61. The molecule has 0 bridgehead atoms. The van der Waals surface area contributed by atoms with Crippen molar-refractivity contribution in [3.05, 3.63) is 18.2 Å². The Morgan fingerprint density at radius 1 is 1.56 bits per heavy atom. The van der Waals surface area contributed by atoms with Crippen LogP contribution in [-0.2, 0) is 0 Å². The molecule has 0 aliphatic carbocycles. The number of benzene rings is 1. The van der Waals surface area contributed by atoms with Crippen LogP contribution < -0.4 is 15.4 Å². The van der Waals surface area contributed by atoms with Gasteiger partial charge < -0.3 is 20.5 Å². The van der Waals surface area contributed by atoms with Crippen LogP contribution in [0.3, 0.4) is 0 Å². The predicted octanol–water partition coefficient (Wildman–Crippen LogP) is 1.24. The Labute approximate surface area is 95.6 Å². The van der Waals surface area contributed by atoms with Crippen LogP contribution >= 0.6 is 0 Å². The van der Waals surface area contributed by atoms with Crippen molar-refractivity contribution >= 4 is 11.4 Å². The van der Waals surface area contributed by atoms with Gasteiger partial charge in [-0.2, -0.15) is 0 Å². The Kier molecular flexibility index (Phi) is 3.19. The summed E-state index contributed by atoms with van der Waals surface area (Å²) >= 11 is 0. The fourth-order valence-corrected chi connectivity index (χ4v) is 2.24. The number of ether oxygens (including phenoxy) is 1. The predicted molar refractivity (Wildman–Crippen MR) is 64.9 cm³/mol. The summed E-state index contributed by atoms with van der Waals surface area (Å²) in [5.74, 6) is 0.695. The second-order valence-electron chi connectivity index (χ2n) is 4.10. The molecule has 0 saturated carbocycles. The van der Waals surface area contributed by atoms with Gasteiger partial charge in [0.15, 0.2) is 0 Å². The molecule has 88 valence electrons. The molecule has 0 amide bonds. The number of hydrogen-bond donors (Lipinski definition) is 2. The third-order valence-corrected chi connectivity index (χ3v) is 3.14. The van der Waals surface area contributed by atoms with Crippen molar-refractivity contribution in [2.75, 3.05) is 30.9 Å². The maximum absolute atomic E-state index is 9.28. The second kappa shape index (κ2) is 4.61. The van der Waals surface area contributed by atoms with Gasteiger partial charge in [-0.05, 0) is 25.0 Å². The molecule has 1 aromatic carbocycles. The number of aliphatic hydroxyl groups excluding tert-OH is 1. The summed E-state index contributed by atoms with van der Waals surface area (Å²) in [4.78, 5) is 2.21. The molecule has 16 heavy (non-hydrogen) atoms. The summed E-state index contributed by atoms with van der Waals surface area (Å²) in [6.07, 6.45) is 2.17. The van der Waals surface area contributed by atoms with Gasteiger partial charge in [-0.1, -0.05) is 0 Å². The van der Waals surface area contributed by atoms with E-state index in [1.807, 2.05) is 18.2 Å². The summed E-state index contributed by atoms with van der Waals surface area (Å²) < 4.78 is 5.20. The average Bonchev–Trinajstić information content (AvgIpc) is 2.78. The second-order valence-corrected chi connectivity index (χ2v) is 4.10. The van der Waals surface area contributed by atoms with Crippen LogP contribution in [0.4, 0.5) is 11.4 Å². The number of aliphatic hydroxyl groups is 1. The van der Waals surface area contributed by atoms with Crippen molar-refractivity contribution in [2.45, 2.75) is 18.9 Å². The Bertz CT molecular complexity index is 368. The van der Waals surface area contributed by atoms with E-state index in [9.17, 15) is 5.11 Å². The van der Waals surface area contributed by atoms with E-state index in [2.05, 4.69) is 4.90 Å². The molecule has 1 aliphatic heterocycles. The first-order valence-corrected chi connectivity index (χ1v) is 5.57. The van der Waals surface area contributed by atoms with Crippen LogP contribution in [0.2, 0.25) is 0 Å². The molecular formula is C12H18N2O2. The molecule has 0 aromatic heterocycles. The smallest absolute Gasteiger partial charge is 0.143 e. The normalized spacial score (nSPS) is 20.1. The van der Waals surface area contributed by atoms with E-state index in [0.717, 1.165) is 25.1 Å². The minimum absolute atomic E-state index is 0.201. The standard InChI is InChI=1S/C12H18N2O2/c1-16-12-7-9(4-5-11(12)13)14-6-2-3-10(14)8-15/h4-5,7,10,15H,2-3,6,8,13H2,1H3/t10-/m0/s1. The van der Waals surface area contributed by atoms with Gasteiger partial charge >= 0.3 is 0 Å². The van der Waals surface area contributed by atoms with Crippen LogP contribution in [0.5, 0.6) is 5.75 Å². The topological polar surface area (TPSA) is 58.7 Å². The largest absolute Gasteiger partial charge is 0.495 e. The molecule has 0 spiro atoms. The highest BCUT2D eigenvalue weighted by Gasteiger charge is 2.24. The minimum Gasteiger partial charge on any atom is -0.495 e. The van der Waals surface area contributed by atoms with Crippen molar-refractivity contribution in [1.29, 1.82) is 0 Å². The molecule has 4 heteroatoms. The first-order valence-electron chi connectivity index (χ1n) is 5.57. The van der Waals surface area contributed by atoms with E-state index in [4.69, 9.17) is 10.5 Å². The van der Waals surface area contributed by atoms with Gasteiger partial charge in [-0.25, -0.2) is 0 Å². The maximum Gasteiger partial charge on any atom is 0.143 e. The van der Waals surface area contributed by atoms with Gasteiger partial charge in [0.1, 0.15) is 5.75 Å². The highest BCUT2D eigenvalue weighted by Crippen LogP contribution is 2.31. The molecule has 1 heterocycles. The van der Waals surface area contributed by atoms with E-state index >= 15 is 0 Å². The molecule has 0 radical (unpaired) electrons. The van der Waals surface area contributed by atoms with Crippen LogP contribution in [-0.4, -0.2) is 31.4 Å². The Morgan fingerprint density at radius 3 is 3.06 bits per heavy atom. The Hall–Kier alpha value is -1.42. The van der Waals surface area contributed by atoms with E-state index in [1.54, 1.807) is 7.11 Å². The number of anilines is 2. The molecule has 1 atom stereocenters. The van der Waals surface area contributed by atoms with E-state index < -0.39 is 0 Å². The molecule has 1 saturated heterocycles. The highest BCUT2D eigenvalue weighted by molar-refractivity contribution is 5.63. The maximum atomic E-state index is 9.28. The molecule has 4 nitrogen and oxygen atoms in total. The third-order valence-electron chi connectivity index (χ3n) is 3.14. The van der Waals surface area contributed by atoms with Gasteiger partial charge in [-0.15, -0.1) is 0 Å². The molecule has 2 rings (SSSR count). The number of methoxy groups -OCH3 is 1. The van der Waals surface area contributed by atoms with Crippen molar-refractivity contribution in [2.24, 2.45) is 0 Å². The summed E-state index contributed by atoms with van der Waals surface area (Å²) in [6, 6.07) is 5.99. The van der Waals surface area contributed by atoms with Gasteiger partial charge in [0, 0.05) is 18.3 Å². The number of nitrogens with zero attached hydrogens (tertiary/aromatic N) is 1. The van der Waals surface area contributed by atoms with Crippen LogP contribution in [0.1, 0.15) is 12.8 Å². The van der Waals surface area contributed by atoms with Gasteiger partial charge in [0.25, 0.3) is 0 Å². The van der Waals surface area contributed by atoms with E-state index in [0.29, 0.717) is 11.4 Å². The van der Waals surface area contributed by atoms with Gasteiger partial charge in [-0.3, -0.25) is 0 Å². The minimum atomic E-state index is 0.201. The molecule has 1 aromatic rings. The number of nitrogen functional groups attached to an aromatic ring is 1. The first-order chi connectivity index (χ1) is 7.76. The average molecular weight is 222 g/mol. The van der Waals surface area contributed by atoms with Crippen molar-refractivity contribution in [3.8, 4) is 5.75 Å². The van der Waals surface area contributed by atoms with Gasteiger partial charge in [0.05, 0.1) is 25.4 Å². The molecule has 1 aliphatic rings. The molecular weight excluding hydrogens is 204 g/mol. The van der Waals surface area contributed by atoms with Crippen LogP contribution in [0.25, 0.3) is 0 Å². The number of nitrogens with two attached hydrogens (primary N) is 1. The van der Waals surface area contributed by atoms with Crippen LogP contribution in [0.15, 0.2) is 18.2 Å². The Balaban J connectivity index is 2.26. The zero-order valence-corrected chi connectivity index (χ0v) is 9.52. The fraction of sp³-hybridized carbons (Fsp3) is 0.500. The van der Waals surface area contributed by atoms with Gasteiger partial charge in [0.2, 0.25) is 0 Å². The molecule has 1 fully saturated rings. The lowest BCUT2D eigenvalue weighted by atomic mass is 10.2. The number of rotatable bonds is 3. The van der Waals surface area contributed by atoms with E-state index in [1.165, 1.54) is 0 Å². The zero-order chi connectivity index (χ0) is 11.5. The lowest BCUT2D eigenvalue weighted by Gasteiger charge is -2.25. The van der Waals surface area contributed by atoms with E-state index in [-0.39, 0.29) is 12.6 Å². The van der Waals surface area contributed by atoms with Crippen molar-refractivity contribution < 1.29 is 9.84 Å². The quantitative estimate of drug-likeness (QED) is 0.755. The zero-order valence-electron chi connectivity index (χ0n) is 9.52. The SMILES string of the molecule is COc1cc(N2CCC[C@H]2CO)ccc1N. The summed E-state index contributed by atoms with van der Waals surface area (Å²) in [5, 5.41) is 9.28. The lowest BCUT2D eigenvalue weighted by molar-refractivity contribution is 0.266. The summed E-state index contributed by atoms with van der Waals surface area (Å²) in [6.45, 7) is 1.19. The summed E-state index contributed by atoms with van der Waals surface area (Å²) in [5.41, 5.74) is 7.49.